The van der Waals surface area contributed by atoms with Crippen molar-refractivity contribution in [2.75, 3.05) is 38.0 Å². The van der Waals surface area contributed by atoms with Gasteiger partial charge in [-0.1, -0.05) is 13.0 Å². The number of hydrogen-bond acceptors (Lipinski definition) is 5. The predicted molar refractivity (Wildman–Crippen MR) is 104 cm³/mol. The Bertz CT molecular complexity index is 905. The summed E-state index contributed by atoms with van der Waals surface area (Å²) in [7, 11) is -3.58. The summed E-state index contributed by atoms with van der Waals surface area (Å²) in [4.78, 5) is 18.9. The van der Waals surface area contributed by atoms with Gasteiger partial charge in [0.15, 0.2) is 0 Å². The van der Waals surface area contributed by atoms with Crippen molar-refractivity contribution < 1.29 is 13.2 Å². The third-order valence-electron chi connectivity index (χ3n) is 4.68. The lowest BCUT2D eigenvalue weighted by Crippen LogP contribution is -2.48. The lowest BCUT2D eigenvalue weighted by atomic mass is 10.2. The molecule has 1 aromatic heterocycles. The number of carbonyl (C=O) groups excluding carboxylic acids is 1. The minimum atomic E-state index is -3.58. The fourth-order valence-corrected chi connectivity index (χ4v) is 4.44. The summed E-state index contributed by atoms with van der Waals surface area (Å²) in [6.07, 6.45) is 1.50. The molecule has 144 valence electrons. The minimum Gasteiger partial charge on any atom is -0.322 e. The highest BCUT2D eigenvalue weighted by Gasteiger charge is 2.28. The molecule has 1 aliphatic heterocycles. The smallest absolute Gasteiger partial charge is 0.257 e. The molecule has 0 unspecified atom stereocenters. The van der Waals surface area contributed by atoms with Crippen molar-refractivity contribution in [1.29, 1.82) is 0 Å². The van der Waals surface area contributed by atoms with Crippen LogP contribution >= 0.6 is 0 Å². The molecule has 2 aromatic rings. The monoisotopic (exact) mass is 388 g/mol. The van der Waals surface area contributed by atoms with Crippen LogP contribution in [0.5, 0.6) is 0 Å². The fraction of sp³-hybridized carbons (Fsp3) is 0.368. The molecular weight excluding hydrogens is 364 g/mol. The van der Waals surface area contributed by atoms with E-state index in [9.17, 15) is 13.2 Å². The first-order chi connectivity index (χ1) is 12.9. The van der Waals surface area contributed by atoms with Crippen molar-refractivity contribution >= 4 is 21.6 Å². The van der Waals surface area contributed by atoms with E-state index in [-0.39, 0.29) is 10.8 Å². The minimum absolute atomic E-state index is 0.187. The van der Waals surface area contributed by atoms with E-state index in [0.717, 1.165) is 25.3 Å². The van der Waals surface area contributed by atoms with Gasteiger partial charge in [0.1, 0.15) is 0 Å². The van der Waals surface area contributed by atoms with Gasteiger partial charge in [0.05, 0.1) is 10.5 Å². The Kier molecular flexibility index (Phi) is 5.88. The van der Waals surface area contributed by atoms with Crippen molar-refractivity contribution in [2.45, 2.75) is 18.7 Å². The van der Waals surface area contributed by atoms with Gasteiger partial charge in [-0.3, -0.25) is 9.78 Å². The molecule has 27 heavy (non-hydrogen) atoms. The van der Waals surface area contributed by atoms with Crippen molar-refractivity contribution in [2.24, 2.45) is 0 Å². The maximum atomic E-state index is 12.9. The molecule has 7 nitrogen and oxygen atoms in total. The molecule has 0 aliphatic carbocycles. The zero-order chi connectivity index (χ0) is 19.4. The highest BCUT2D eigenvalue weighted by Crippen LogP contribution is 2.21. The van der Waals surface area contributed by atoms with Crippen LogP contribution in [-0.4, -0.2) is 61.2 Å². The Hall–Kier alpha value is -2.29. The lowest BCUT2D eigenvalue weighted by Gasteiger charge is -2.33. The quantitative estimate of drug-likeness (QED) is 0.847. The number of pyridine rings is 1. The second-order valence-corrected chi connectivity index (χ2v) is 8.45. The van der Waals surface area contributed by atoms with Crippen LogP contribution in [0.2, 0.25) is 0 Å². The van der Waals surface area contributed by atoms with Crippen molar-refractivity contribution in [1.82, 2.24) is 14.2 Å². The average Bonchev–Trinajstić information content (AvgIpc) is 2.68. The van der Waals surface area contributed by atoms with Gasteiger partial charge in [-0.25, -0.2) is 8.42 Å². The molecule has 3 rings (SSSR count). The number of rotatable bonds is 5. The summed E-state index contributed by atoms with van der Waals surface area (Å²) in [5, 5.41) is 2.74. The highest BCUT2D eigenvalue weighted by molar-refractivity contribution is 7.89. The molecule has 1 saturated heterocycles. The zero-order valence-corrected chi connectivity index (χ0v) is 16.4. The van der Waals surface area contributed by atoms with Crippen LogP contribution in [0.25, 0.3) is 0 Å². The first-order valence-electron chi connectivity index (χ1n) is 8.96. The van der Waals surface area contributed by atoms with E-state index >= 15 is 0 Å². The molecule has 0 saturated carbocycles. The largest absolute Gasteiger partial charge is 0.322 e. The second-order valence-electron chi connectivity index (χ2n) is 6.51. The number of aromatic nitrogens is 1. The van der Waals surface area contributed by atoms with Gasteiger partial charge >= 0.3 is 0 Å². The van der Waals surface area contributed by atoms with Gasteiger partial charge < -0.3 is 10.2 Å². The van der Waals surface area contributed by atoms with E-state index in [4.69, 9.17) is 0 Å². The standard InChI is InChI=1S/C19H24N4O3S/c1-3-22-9-11-23(12-10-22)27(25,26)18-6-4-5-17(13-18)21-19(24)16-8-7-15(2)20-14-16/h4-8,13-14H,3,9-12H2,1-2H3,(H,21,24). The van der Waals surface area contributed by atoms with Crippen LogP contribution in [0.1, 0.15) is 23.0 Å². The maximum Gasteiger partial charge on any atom is 0.257 e. The molecule has 0 atom stereocenters. The molecular formula is C19H24N4O3S. The SMILES string of the molecule is CCN1CCN(S(=O)(=O)c2cccc(NC(=O)c3ccc(C)nc3)c2)CC1. The summed E-state index contributed by atoms with van der Waals surface area (Å²) in [6.45, 7) is 7.24. The highest BCUT2D eigenvalue weighted by atomic mass is 32.2. The summed E-state index contributed by atoms with van der Waals surface area (Å²) >= 11 is 0. The van der Waals surface area contributed by atoms with Crippen LogP contribution in [0.15, 0.2) is 47.5 Å². The van der Waals surface area contributed by atoms with Gasteiger partial charge in [0.2, 0.25) is 10.0 Å². The third-order valence-corrected chi connectivity index (χ3v) is 6.58. The summed E-state index contributed by atoms with van der Waals surface area (Å²) in [5.41, 5.74) is 1.68. The number of likely N-dealkylation sites (N-methyl/N-ethyl adjacent to an activating group) is 1. The van der Waals surface area contributed by atoms with Gasteiger partial charge in [0.25, 0.3) is 5.91 Å². The van der Waals surface area contributed by atoms with Gasteiger partial charge in [-0.05, 0) is 43.8 Å². The summed E-state index contributed by atoms with van der Waals surface area (Å²) < 4.78 is 27.3. The van der Waals surface area contributed by atoms with Gasteiger partial charge in [-0.15, -0.1) is 0 Å². The molecule has 1 N–H and O–H groups in total. The Balaban J connectivity index is 1.75. The fourth-order valence-electron chi connectivity index (χ4n) is 2.97. The average molecular weight is 388 g/mol. The molecule has 0 bridgehead atoms. The number of nitrogens with one attached hydrogen (secondary N) is 1. The number of nitrogens with zero attached hydrogens (tertiary/aromatic N) is 3. The normalized spacial score (nSPS) is 16.2. The van der Waals surface area contributed by atoms with E-state index in [0.29, 0.717) is 24.3 Å². The Morgan fingerprint density at radius 3 is 2.52 bits per heavy atom. The van der Waals surface area contributed by atoms with E-state index in [1.165, 1.54) is 16.6 Å². The molecule has 1 aromatic carbocycles. The number of hydrogen-bond donors (Lipinski definition) is 1. The molecule has 1 amide bonds. The molecule has 2 heterocycles. The third kappa shape index (κ3) is 4.52. The summed E-state index contributed by atoms with van der Waals surface area (Å²) in [5.74, 6) is -0.325. The van der Waals surface area contributed by atoms with Crippen LogP contribution in [-0.2, 0) is 10.0 Å². The van der Waals surface area contributed by atoms with Gasteiger partial charge in [0, 0.05) is 43.8 Å². The number of amides is 1. The predicted octanol–water partition coefficient (Wildman–Crippen LogP) is 1.97. The van der Waals surface area contributed by atoms with Crippen molar-refractivity contribution in [3.63, 3.8) is 0 Å². The van der Waals surface area contributed by atoms with Crippen LogP contribution in [0.3, 0.4) is 0 Å². The van der Waals surface area contributed by atoms with Crippen molar-refractivity contribution in [3.05, 3.63) is 53.9 Å². The number of anilines is 1. The van der Waals surface area contributed by atoms with E-state index in [1.54, 1.807) is 30.3 Å². The Labute approximate surface area is 160 Å². The molecule has 8 heteroatoms. The van der Waals surface area contributed by atoms with Crippen LogP contribution in [0, 0.1) is 6.92 Å². The van der Waals surface area contributed by atoms with Crippen molar-refractivity contribution in [3.8, 4) is 0 Å². The Morgan fingerprint density at radius 1 is 1.15 bits per heavy atom. The first kappa shape index (κ1) is 19.5. The number of benzene rings is 1. The maximum absolute atomic E-state index is 12.9. The number of carbonyl (C=O) groups is 1. The summed E-state index contributed by atoms with van der Waals surface area (Å²) in [6, 6.07) is 9.81. The van der Waals surface area contributed by atoms with E-state index < -0.39 is 10.0 Å². The Morgan fingerprint density at radius 2 is 1.89 bits per heavy atom. The van der Waals surface area contributed by atoms with Crippen LogP contribution < -0.4 is 5.32 Å². The number of sulfonamides is 1. The molecule has 1 aliphatic rings. The van der Waals surface area contributed by atoms with Crippen LogP contribution in [0.4, 0.5) is 5.69 Å². The molecule has 0 spiro atoms. The van der Waals surface area contributed by atoms with E-state index in [2.05, 4.69) is 22.1 Å². The van der Waals surface area contributed by atoms with Gasteiger partial charge in [-0.2, -0.15) is 4.31 Å². The topological polar surface area (TPSA) is 82.6 Å². The molecule has 1 fully saturated rings. The first-order valence-corrected chi connectivity index (χ1v) is 10.4. The second kappa shape index (κ2) is 8.16. The lowest BCUT2D eigenvalue weighted by molar-refractivity contribution is 0.102. The molecule has 0 radical (unpaired) electrons. The number of piperazine rings is 1. The van der Waals surface area contributed by atoms with E-state index in [1.807, 2.05) is 6.92 Å². The zero-order valence-electron chi connectivity index (χ0n) is 15.6. The number of aryl methyl sites for hydroxylation is 1.